The lowest BCUT2D eigenvalue weighted by atomic mass is 9.87. The van der Waals surface area contributed by atoms with Crippen molar-refractivity contribution >= 4 is 11.6 Å². The first-order valence-electron chi connectivity index (χ1n) is 9.53. The van der Waals surface area contributed by atoms with Crippen LogP contribution in [0.5, 0.6) is 11.5 Å². The maximum absolute atomic E-state index is 14.8. The largest absolute Gasteiger partial charge is 0.454 e. The van der Waals surface area contributed by atoms with Crippen molar-refractivity contribution in [3.05, 3.63) is 59.3 Å². The third kappa shape index (κ3) is 2.91. The summed E-state index contributed by atoms with van der Waals surface area (Å²) in [4.78, 5) is 18.5. The number of nitrogens with zero attached hydrogens (tertiary/aromatic N) is 3. The van der Waals surface area contributed by atoms with E-state index in [2.05, 4.69) is 4.98 Å². The number of aromatic nitrogens is 2. The maximum Gasteiger partial charge on any atom is 0.277 e. The van der Waals surface area contributed by atoms with E-state index in [9.17, 15) is 14.3 Å². The van der Waals surface area contributed by atoms with Crippen LogP contribution in [0.1, 0.15) is 34.1 Å². The van der Waals surface area contributed by atoms with Gasteiger partial charge in [0.15, 0.2) is 17.2 Å². The molecule has 2 atom stereocenters. The van der Waals surface area contributed by atoms with Crippen LogP contribution in [0.2, 0.25) is 0 Å². The number of pyridine rings is 1. The van der Waals surface area contributed by atoms with Gasteiger partial charge in [-0.15, -0.1) is 0 Å². The number of halogens is 1. The normalized spacial score (nSPS) is 21.0. The molecule has 2 aromatic heterocycles. The van der Waals surface area contributed by atoms with E-state index in [1.165, 1.54) is 9.30 Å². The predicted octanol–water partition coefficient (Wildman–Crippen LogP) is 2.50. The molecule has 2 aliphatic heterocycles. The van der Waals surface area contributed by atoms with Crippen LogP contribution in [-0.2, 0) is 0 Å². The number of fused-ring (bicyclic) bond motifs is 2. The van der Waals surface area contributed by atoms with Gasteiger partial charge in [-0.3, -0.25) is 9.20 Å². The summed E-state index contributed by atoms with van der Waals surface area (Å²) in [6, 6.07) is 10.8. The van der Waals surface area contributed by atoms with E-state index in [-0.39, 0.29) is 24.9 Å². The summed E-state index contributed by atoms with van der Waals surface area (Å²) in [6.07, 6.45) is -0.212. The molecule has 7 nitrogen and oxygen atoms in total. The zero-order valence-electron chi connectivity index (χ0n) is 15.8. The fourth-order valence-corrected chi connectivity index (χ4v) is 4.15. The number of carbonyl (C=O) groups is 1. The van der Waals surface area contributed by atoms with Crippen molar-refractivity contribution in [3.63, 3.8) is 0 Å². The molecular formula is C21H20FN3O4. The van der Waals surface area contributed by atoms with E-state index >= 15 is 0 Å². The number of aliphatic hydroxyl groups is 1. The van der Waals surface area contributed by atoms with E-state index in [4.69, 9.17) is 9.47 Å². The van der Waals surface area contributed by atoms with Gasteiger partial charge in [0.25, 0.3) is 5.91 Å². The van der Waals surface area contributed by atoms with E-state index in [1.54, 1.807) is 25.1 Å². The molecule has 0 radical (unpaired) electrons. The number of hydrogen-bond acceptors (Lipinski definition) is 5. The van der Waals surface area contributed by atoms with Crippen LogP contribution in [-0.4, -0.2) is 51.3 Å². The zero-order chi connectivity index (χ0) is 20.1. The zero-order valence-corrected chi connectivity index (χ0v) is 15.8. The van der Waals surface area contributed by atoms with Crippen LogP contribution < -0.4 is 9.47 Å². The molecule has 1 fully saturated rings. The van der Waals surface area contributed by atoms with Crippen molar-refractivity contribution in [1.29, 1.82) is 0 Å². The van der Waals surface area contributed by atoms with Crippen LogP contribution >= 0.6 is 0 Å². The number of benzene rings is 1. The van der Waals surface area contributed by atoms with Crippen molar-refractivity contribution in [2.24, 2.45) is 0 Å². The number of carbonyl (C=O) groups excluding carboxylic acids is 1. The SMILES string of the molecule is Cc1cccc2nc(C(=O)N3CC[C@@H](c4ccc5c(c4)OCO5)[C@H](O)C3)c(F)n12. The number of amides is 1. The van der Waals surface area contributed by atoms with Gasteiger partial charge in [0.05, 0.1) is 6.10 Å². The Bertz CT molecular complexity index is 1110. The number of imidazole rings is 1. The van der Waals surface area contributed by atoms with Crippen LogP contribution in [0.4, 0.5) is 4.39 Å². The second-order valence-corrected chi connectivity index (χ2v) is 7.44. The second kappa shape index (κ2) is 6.73. The minimum absolute atomic E-state index is 0.115. The highest BCUT2D eigenvalue weighted by molar-refractivity contribution is 5.93. The first kappa shape index (κ1) is 17.9. The molecule has 3 aromatic rings. The Balaban J connectivity index is 1.36. The molecule has 4 heterocycles. The van der Waals surface area contributed by atoms with Crippen molar-refractivity contribution in [2.45, 2.75) is 25.4 Å². The van der Waals surface area contributed by atoms with Crippen LogP contribution in [0.15, 0.2) is 36.4 Å². The quantitative estimate of drug-likeness (QED) is 0.719. The smallest absolute Gasteiger partial charge is 0.277 e. The molecule has 1 amide bonds. The summed E-state index contributed by atoms with van der Waals surface area (Å²) >= 11 is 0. The Morgan fingerprint density at radius 3 is 2.86 bits per heavy atom. The molecule has 0 spiro atoms. The molecule has 0 bridgehead atoms. The highest BCUT2D eigenvalue weighted by atomic mass is 19.1. The first-order chi connectivity index (χ1) is 14.0. The van der Waals surface area contributed by atoms with E-state index in [0.717, 1.165) is 5.56 Å². The molecule has 5 rings (SSSR count). The molecule has 1 saturated heterocycles. The summed E-state index contributed by atoms with van der Waals surface area (Å²) in [5.41, 5.74) is 1.77. The molecular weight excluding hydrogens is 377 g/mol. The third-order valence-electron chi connectivity index (χ3n) is 5.68. The van der Waals surface area contributed by atoms with E-state index < -0.39 is 18.0 Å². The van der Waals surface area contributed by atoms with Gasteiger partial charge in [0.1, 0.15) is 5.65 Å². The Morgan fingerprint density at radius 2 is 2.07 bits per heavy atom. The lowest BCUT2D eigenvalue weighted by molar-refractivity contribution is 0.0374. The summed E-state index contributed by atoms with van der Waals surface area (Å²) in [5, 5.41) is 10.7. The Kier molecular flexibility index (Phi) is 4.16. The summed E-state index contributed by atoms with van der Waals surface area (Å²) in [5.74, 6) is 0.0369. The first-order valence-corrected chi connectivity index (χ1v) is 9.53. The minimum atomic E-state index is -0.769. The summed E-state index contributed by atoms with van der Waals surface area (Å²) < 4.78 is 26.9. The summed E-state index contributed by atoms with van der Waals surface area (Å²) in [7, 11) is 0. The van der Waals surface area contributed by atoms with Crippen molar-refractivity contribution in [2.75, 3.05) is 19.9 Å². The molecule has 0 saturated carbocycles. The van der Waals surface area contributed by atoms with Gasteiger partial charge in [0.2, 0.25) is 12.7 Å². The number of piperidine rings is 1. The fraction of sp³-hybridized carbons (Fsp3) is 0.333. The monoisotopic (exact) mass is 397 g/mol. The molecule has 29 heavy (non-hydrogen) atoms. The third-order valence-corrected chi connectivity index (χ3v) is 5.68. The van der Waals surface area contributed by atoms with Gasteiger partial charge in [0, 0.05) is 24.7 Å². The van der Waals surface area contributed by atoms with Gasteiger partial charge in [-0.25, -0.2) is 4.98 Å². The Labute approximate surface area is 166 Å². The van der Waals surface area contributed by atoms with Crippen LogP contribution in [0.3, 0.4) is 0 Å². The Hall–Kier alpha value is -3.13. The van der Waals surface area contributed by atoms with E-state index in [1.807, 2.05) is 18.2 Å². The molecule has 1 N–H and O–H groups in total. The number of aryl methyl sites for hydroxylation is 1. The minimum Gasteiger partial charge on any atom is -0.454 e. The molecule has 1 aromatic carbocycles. The number of rotatable bonds is 2. The van der Waals surface area contributed by atoms with Crippen LogP contribution in [0.25, 0.3) is 5.65 Å². The average Bonchev–Trinajstić information content (AvgIpc) is 3.32. The lowest BCUT2D eigenvalue weighted by Gasteiger charge is -2.36. The highest BCUT2D eigenvalue weighted by Crippen LogP contribution is 2.37. The lowest BCUT2D eigenvalue weighted by Crippen LogP contribution is -2.46. The molecule has 2 aliphatic rings. The van der Waals surface area contributed by atoms with Gasteiger partial charge in [-0.1, -0.05) is 12.1 Å². The molecule has 0 aliphatic carbocycles. The predicted molar refractivity (Wildman–Crippen MR) is 102 cm³/mol. The van der Waals surface area contributed by atoms with Crippen molar-refractivity contribution in [1.82, 2.24) is 14.3 Å². The molecule has 150 valence electrons. The van der Waals surface area contributed by atoms with Crippen molar-refractivity contribution < 1.29 is 23.8 Å². The van der Waals surface area contributed by atoms with Gasteiger partial charge in [-0.05, 0) is 43.2 Å². The summed E-state index contributed by atoms with van der Waals surface area (Å²) in [6.45, 7) is 2.47. The maximum atomic E-state index is 14.8. The van der Waals surface area contributed by atoms with E-state index in [0.29, 0.717) is 35.8 Å². The Morgan fingerprint density at radius 1 is 1.24 bits per heavy atom. The fourth-order valence-electron chi connectivity index (χ4n) is 4.15. The average molecular weight is 397 g/mol. The number of likely N-dealkylation sites (tertiary alicyclic amines) is 1. The number of ether oxygens (including phenoxy) is 2. The molecule has 8 heteroatoms. The van der Waals surface area contributed by atoms with Crippen LogP contribution in [0, 0.1) is 12.9 Å². The highest BCUT2D eigenvalue weighted by Gasteiger charge is 2.34. The second-order valence-electron chi connectivity index (χ2n) is 7.44. The number of hydrogen-bond donors (Lipinski definition) is 1. The number of aliphatic hydroxyl groups excluding tert-OH is 1. The van der Waals surface area contributed by atoms with Gasteiger partial charge >= 0.3 is 0 Å². The van der Waals surface area contributed by atoms with Gasteiger partial charge < -0.3 is 19.5 Å². The molecule has 0 unspecified atom stereocenters. The van der Waals surface area contributed by atoms with Crippen molar-refractivity contribution in [3.8, 4) is 11.5 Å². The standard InChI is InChI=1S/C21H20FN3O4/c1-12-3-2-4-18-23-19(20(22)25(12)18)21(27)24-8-7-14(15(26)10-24)13-5-6-16-17(9-13)29-11-28-16/h2-6,9,14-15,26H,7-8,10-11H2,1H3/t14-,15+/m0/s1. The number of β-amino-alcohol motifs (C(OH)–C–C–N with tert-alkyl or cyclic N) is 1. The van der Waals surface area contributed by atoms with Gasteiger partial charge in [-0.2, -0.15) is 4.39 Å². The topological polar surface area (TPSA) is 76.3 Å².